The SMILES string of the molecule is COc1ccc(C(CCCCc2ccc3ccc(C)nc3c2)O[SiH2]C(C)(C)C)cc1. The van der Waals surface area contributed by atoms with Gasteiger partial charge in [0.15, 0.2) is 9.76 Å². The second kappa shape index (κ2) is 10.2. The van der Waals surface area contributed by atoms with Crippen molar-refractivity contribution in [3.8, 4) is 5.75 Å². The Morgan fingerprint density at radius 2 is 1.70 bits per heavy atom. The molecule has 160 valence electrons. The van der Waals surface area contributed by atoms with Gasteiger partial charge in [-0.2, -0.15) is 0 Å². The highest BCUT2D eigenvalue weighted by molar-refractivity contribution is 6.31. The maximum absolute atomic E-state index is 6.48. The molecule has 1 atom stereocenters. The molecule has 0 N–H and O–H groups in total. The molecule has 0 amide bonds. The van der Waals surface area contributed by atoms with Crippen LogP contribution in [0.1, 0.15) is 63.0 Å². The molecule has 0 aliphatic heterocycles. The molecule has 0 aliphatic rings. The quantitative estimate of drug-likeness (QED) is 0.299. The molecule has 0 saturated heterocycles. The van der Waals surface area contributed by atoms with Gasteiger partial charge >= 0.3 is 0 Å². The molecule has 0 spiro atoms. The zero-order valence-electron chi connectivity index (χ0n) is 19.1. The topological polar surface area (TPSA) is 31.4 Å². The van der Waals surface area contributed by atoms with Crippen molar-refractivity contribution in [2.24, 2.45) is 0 Å². The van der Waals surface area contributed by atoms with Crippen LogP contribution in [-0.4, -0.2) is 21.9 Å². The summed E-state index contributed by atoms with van der Waals surface area (Å²) < 4.78 is 11.8. The van der Waals surface area contributed by atoms with E-state index in [9.17, 15) is 0 Å². The first-order valence-electron chi connectivity index (χ1n) is 11.0. The van der Waals surface area contributed by atoms with Crippen molar-refractivity contribution in [2.45, 2.75) is 64.5 Å². The maximum Gasteiger partial charge on any atom is 0.167 e. The third-order valence-electron chi connectivity index (χ3n) is 5.28. The van der Waals surface area contributed by atoms with E-state index in [1.54, 1.807) is 7.11 Å². The molecular formula is C26H35NO2Si. The standard InChI is InChI=1S/C26H35NO2Si/c1-19-10-12-21-13-11-20(18-24(21)27-19)8-6-7-9-25(29-30-26(2,3)4)22-14-16-23(28-5)17-15-22/h10-18,25H,6-9,30H2,1-5H3. The van der Waals surface area contributed by atoms with Gasteiger partial charge in [0.1, 0.15) is 5.75 Å². The molecule has 1 unspecified atom stereocenters. The minimum atomic E-state index is -0.608. The Balaban J connectivity index is 1.59. The number of aromatic nitrogens is 1. The van der Waals surface area contributed by atoms with Crippen LogP contribution in [0, 0.1) is 6.92 Å². The molecular weight excluding hydrogens is 386 g/mol. The first kappa shape index (κ1) is 22.5. The van der Waals surface area contributed by atoms with E-state index in [2.05, 4.69) is 68.2 Å². The fraction of sp³-hybridized carbons (Fsp3) is 0.423. The summed E-state index contributed by atoms with van der Waals surface area (Å²) in [5, 5.41) is 1.51. The van der Waals surface area contributed by atoms with E-state index in [1.807, 2.05) is 19.1 Å². The van der Waals surface area contributed by atoms with Gasteiger partial charge in [0.05, 0.1) is 18.7 Å². The van der Waals surface area contributed by atoms with E-state index in [1.165, 1.54) is 16.5 Å². The number of methoxy groups -OCH3 is 1. The molecule has 2 aromatic carbocycles. The number of fused-ring (bicyclic) bond motifs is 1. The summed E-state index contributed by atoms with van der Waals surface area (Å²) in [5.41, 5.74) is 4.80. The maximum atomic E-state index is 6.48. The fourth-order valence-electron chi connectivity index (χ4n) is 3.59. The number of nitrogens with zero attached hydrogens (tertiary/aromatic N) is 1. The molecule has 4 heteroatoms. The number of ether oxygens (including phenoxy) is 1. The van der Waals surface area contributed by atoms with Gasteiger partial charge in [-0.1, -0.05) is 57.5 Å². The summed E-state index contributed by atoms with van der Waals surface area (Å²) in [6.07, 6.45) is 4.62. The van der Waals surface area contributed by atoms with Gasteiger partial charge in [-0.3, -0.25) is 4.98 Å². The van der Waals surface area contributed by atoms with Gasteiger partial charge in [-0.15, -0.1) is 0 Å². The Morgan fingerprint density at radius 3 is 2.40 bits per heavy atom. The van der Waals surface area contributed by atoms with Gasteiger partial charge in [0.25, 0.3) is 0 Å². The van der Waals surface area contributed by atoms with Crippen molar-refractivity contribution in [1.29, 1.82) is 0 Å². The second-order valence-electron chi connectivity index (χ2n) is 9.36. The van der Waals surface area contributed by atoms with Crippen molar-refractivity contribution in [1.82, 2.24) is 4.98 Å². The first-order valence-corrected chi connectivity index (χ1v) is 12.2. The van der Waals surface area contributed by atoms with Crippen LogP contribution in [0.3, 0.4) is 0 Å². The number of pyridine rings is 1. The molecule has 3 rings (SSSR count). The third kappa shape index (κ3) is 6.68. The number of hydrogen-bond acceptors (Lipinski definition) is 3. The van der Waals surface area contributed by atoms with Crippen LogP contribution >= 0.6 is 0 Å². The summed E-state index contributed by atoms with van der Waals surface area (Å²) >= 11 is 0. The van der Waals surface area contributed by atoms with Crippen LogP contribution in [0.2, 0.25) is 5.04 Å². The third-order valence-corrected chi connectivity index (χ3v) is 6.72. The summed E-state index contributed by atoms with van der Waals surface area (Å²) in [5.74, 6) is 0.894. The van der Waals surface area contributed by atoms with Crippen molar-refractivity contribution >= 4 is 20.7 Å². The lowest BCUT2D eigenvalue weighted by atomic mass is 10.0. The van der Waals surface area contributed by atoms with E-state index in [0.29, 0.717) is 5.04 Å². The Labute approximate surface area is 183 Å². The van der Waals surface area contributed by atoms with Crippen molar-refractivity contribution in [3.05, 3.63) is 71.4 Å². The van der Waals surface area contributed by atoms with Crippen LogP contribution in [0.4, 0.5) is 0 Å². The molecule has 0 radical (unpaired) electrons. The summed E-state index contributed by atoms with van der Waals surface area (Å²) in [4.78, 5) is 4.67. The Bertz CT molecular complexity index is 947. The molecule has 3 nitrogen and oxygen atoms in total. The Kier molecular flexibility index (Phi) is 7.67. The lowest BCUT2D eigenvalue weighted by Gasteiger charge is -2.24. The molecule has 0 fully saturated rings. The molecule has 1 heterocycles. The first-order chi connectivity index (χ1) is 14.3. The molecule has 0 bridgehead atoms. The molecule has 3 aromatic rings. The second-order valence-corrected chi connectivity index (χ2v) is 12.1. The van der Waals surface area contributed by atoms with E-state index in [-0.39, 0.29) is 6.10 Å². The number of benzene rings is 2. The minimum absolute atomic E-state index is 0.183. The fourth-order valence-corrected chi connectivity index (χ4v) is 4.65. The zero-order chi connectivity index (χ0) is 21.6. The number of aryl methyl sites for hydroxylation is 2. The average Bonchev–Trinajstić information content (AvgIpc) is 2.72. The van der Waals surface area contributed by atoms with Gasteiger partial charge in [-0.05, 0) is 66.6 Å². The van der Waals surface area contributed by atoms with E-state index < -0.39 is 9.76 Å². The van der Waals surface area contributed by atoms with Crippen LogP contribution < -0.4 is 4.74 Å². The molecule has 0 saturated carbocycles. The van der Waals surface area contributed by atoms with Gasteiger partial charge in [0, 0.05) is 11.1 Å². The summed E-state index contributed by atoms with van der Waals surface area (Å²) in [6.45, 7) is 8.88. The molecule has 30 heavy (non-hydrogen) atoms. The minimum Gasteiger partial charge on any atom is -0.497 e. The van der Waals surface area contributed by atoms with Crippen molar-refractivity contribution in [2.75, 3.05) is 7.11 Å². The monoisotopic (exact) mass is 421 g/mol. The van der Waals surface area contributed by atoms with Crippen LogP contribution in [-0.2, 0) is 10.8 Å². The number of rotatable bonds is 9. The predicted molar refractivity (Wildman–Crippen MR) is 129 cm³/mol. The normalized spacial score (nSPS) is 13.2. The lowest BCUT2D eigenvalue weighted by Crippen LogP contribution is -2.16. The lowest BCUT2D eigenvalue weighted by molar-refractivity contribution is 0.192. The molecule has 1 aromatic heterocycles. The smallest absolute Gasteiger partial charge is 0.167 e. The van der Waals surface area contributed by atoms with Gasteiger partial charge < -0.3 is 9.16 Å². The van der Waals surface area contributed by atoms with Gasteiger partial charge in [0.2, 0.25) is 0 Å². The van der Waals surface area contributed by atoms with Crippen molar-refractivity contribution in [3.63, 3.8) is 0 Å². The van der Waals surface area contributed by atoms with E-state index in [0.717, 1.165) is 42.6 Å². The average molecular weight is 422 g/mol. The highest BCUT2D eigenvalue weighted by atomic mass is 28.2. The zero-order valence-corrected chi connectivity index (χ0v) is 20.5. The summed E-state index contributed by atoms with van der Waals surface area (Å²) in [7, 11) is 1.10. The highest BCUT2D eigenvalue weighted by Gasteiger charge is 2.18. The number of unbranched alkanes of at least 4 members (excludes halogenated alkanes) is 1. The van der Waals surface area contributed by atoms with Gasteiger partial charge in [-0.25, -0.2) is 0 Å². The van der Waals surface area contributed by atoms with E-state index in [4.69, 9.17) is 9.16 Å². The largest absolute Gasteiger partial charge is 0.497 e. The van der Waals surface area contributed by atoms with Crippen molar-refractivity contribution < 1.29 is 9.16 Å². The van der Waals surface area contributed by atoms with Crippen LogP contribution in [0.25, 0.3) is 10.9 Å². The van der Waals surface area contributed by atoms with E-state index >= 15 is 0 Å². The predicted octanol–water partition coefficient (Wildman–Crippen LogP) is 6.32. The summed E-state index contributed by atoms with van der Waals surface area (Å²) in [6, 6.07) is 19.3. The Hall–Kier alpha value is -2.17. The van der Waals surface area contributed by atoms with Crippen LogP contribution in [0.15, 0.2) is 54.6 Å². The van der Waals surface area contributed by atoms with Crippen LogP contribution in [0.5, 0.6) is 5.75 Å². The number of hydrogen-bond donors (Lipinski definition) is 0. The highest BCUT2D eigenvalue weighted by Crippen LogP contribution is 2.30. The molecule has 0 aliphatic carbocycles. The Morgan fingerprint density at radius 1 is 0.967 bits per heavy atom.